The quantitative estimate of drug-likeness (QED) is 0.732. The molecule has 1 aromatic heterocycles. The molecule has 2 N–H and O–H groups in total. The van der Waals surface area contributed by atoms with Gasteiger partial charge < -0.3 is 5.32 Å². The van der Waals surface area contributed by atoms with Crippen molar-refractivity contribution in [2.45, 2.75) is 12.6 Å². The Morgan fingerprint density at radius 2 is 1.73 bits per heavy atom. The molecule has 0 bridgehead atoms. The van der Waals surface area contributed by atoms with Crippen molar-refractivity contribution >= 4 is 5.91 Å². The molecule has 0 saturated carbocycles. The van der Waals surface area contributed by atoms with E-state index in [-0.39, 0.29) is 6.54 Å². The molecule has 0 fully saturated rings. The predicted octanol–water partition coefficient (Wildman–Crippen LogP) is 3.46. The minimum Gasteiger partial charge on any atom is -0.352 e. The molecule has 26 heavy (non-hydrogen) atoms. The van der Waals surface area contributed by atoms with Crippen LogP contribution in [0.1, 0.15) is 21.7 Å². The van der Waals surface area contributed by atoms with Crippen molar-refractivity contribution in [3.8, 4) is 11.4 Å². The van der Waals surface area contributed by atoms with Crippen LogP contribution in [0.2, 0.25) is 0 Å². The van der Waals surface area contributed by atoms with Crippen LogP contribution < -0.4 is 5.32 Å². The number of amides is 1. The molecule has 0 aliphatic rings. The van der Waals surface area contributed by atoms with Gasteiger partial charge in [0.25, 0.3) is 5.91 Å². The molecule has 0 saturated heterocycles. The van der Waals surface area contributed by atoms with Crippen molar-refractivity contribution in [3.05, 3.63) is 71.5 Å². The average Bonchev–Trinajstić information content (AvgIpc) is 3.10. The number of alkyl halides is 3. The predicted molar refractivity (Wildman–Crippen MR) is 89.3 cm³/mol. The summed E-state index contributed by atoms with van der Waals surface area (Å²) >= 11 is 0. The van der Waals surface area contributed by atoms with Gasteiger partial charge in [0.15, 0.2) is 5.82 Å². The van der Waals surface area contributed by atoms with Gasteiger partial charge in [0.05, 0.1) is 11.1 Å². The lowest BCUT2D eigenvalue weighted by Gasteiger charge is -2.12. The summed E-state index contributed by atoms with van der Waals surface area (Å²) in [6.45, 7) is 0.133. The molecule has 0 radical (unpaired) electrons. The molecule has 0 atom stereocenters. The van der Waals surface area contributed by atoms with E-state index < -0.39 is 23.2 Å². The van der Waals surface area contributed by atoms with Gasteiger partial charge in [-0.1, -0.05) is 42.5 Å². The Hall–Kier alpha value is -3.16. The molecule has 134 valence electrons. The lowest BCUT2D eigenvalue weighted by Crippen LogP contribution is -2.28. The number of hydrogen-bond acceptors (Lipinski definition) is 3. The Morgan fingerprint density at radius 1 is 1.04 bits per heavy atom. The molecular weight excluding hydrogens is 345 g/mol. The van der Waals surface area contributed by atoms with Gasteiger partial charge in [0, 0.05) is 18.5 Å². The number of aromatic amines is 1. The van der Waals surface area contributed by atoms with E-state index in [1.807, 2.05) is 30.3 Å². The largest absolute Gasteiger partial charge is 0.417 e. The van der Waals surface area contributed by atoms with Crippen LogP contribution in [0.3, 0.4) is 0 Å². The van der Waals surface area contributed by atoms with Crippen molar-refractivity contribution in [2.75, 3.05) is 6.54 Å². The molecular formula is C18H15F3N4O. The highest BCUT2D eigenvalue weighted by Gasteiger charge is 2.34. The van der Waals surface area contributed by atoms with Gasteiger partial charge in [0.1, 0.15) is 5.82 Å². The zero-order valence-corrected chi connectivity index (χ0v) is 13.5. The first-order valence-corrected chi connectivity index (χ1v) is 7.86. The number of benzene rings is 2. The average molecular weight is 360 g/mol. The standard InChI is InChI=1S/C18H15F3N4O/c19-18(20,21)14-9-5-4-8-13(14)17(26)22-11-10-15-23-16(25-24-15)12-6-2-1-3-7-12/h1-9H,10-11H2,(H,22,26)(H,23,24,25). The molecule has 3 rings (SSSR count). The summed E-state index contributed by atoms with van der Waals surface area (Å²) in [5, 5.41) is 9.33. The molecule has 3 aromatic rings. The number of H-pyrrole nitrogens is 1. The molecule has 0 spiro atoms. The zero-order chi connectivity index (χ0) is 18.6. The van der Waals surface area contributed by atoms with E-state index in [2.05, 4.69) is 20.5 Å². The maximum Gasteiger partial charge on any atom is 0.417 e. The molecule has 0 aliphatic carbocycles. The van der Waals surface area contributed by atoms with E-state index in [0.717, 1.165) is 17.7 Å². The summed E-state index contributed by atoms with van der Waals surface area (Å²) in [5.74, 6) is 0.281. The van der Waals surface area contributed by atoms with E-state index in [9.17, 15) is 18.0 Å². The van der Waals surface area contributed by atoms with Crippen LogP contribution in [0.5, 0.6) is 0 Å². The topological polar surface area (TPSA) is 70.7 Å². The SMILES string of the molecule is O=C(NCCc1nc(-c2ccccc2)n[nH]1)c1ccccc1C(F)(F)F. The molecule has 1 heterocycles. The first-order chi connectivity index (χ1) is 12.4. The fraction of sp³-hybridized carbons (Fsp3) is 0.167. The fourth-order valence-electron chi connectivity index (χ4n) is 2.44. The van der Waals surface area contributed by atoms with Crippen LogP contribution in [-0.4, -0.2) is 27.6 Å². The summed E-state index contributed by atoms with van der Waals surface area (Å²) in [4.78, 5) is 16.4. The molecule has 5 nitrogen and oxygen atoms in total. The van der Waals surface area contributed by atoms with Crippen LogP contribution in [0, 0.1) is 0 Å². The van der Waals surface area contributed by atoms with Gasteiger partial charge >= 0.3 is 6.18 Å². The Labute approximate surface area is 147 Å². The molecule has 2 aromatic carbocycles. The lowest BCUT2D eigenvalue weighted by molar-refractivity contribution is -0.137. The number of nitrogens with one attached hydrogen (secondary N) is 2. The van der Waals surface area contributed by atoms with Crippen LogP contribution in [0.25, 0.3) is 11.4 Å². The summed E-state index contributed by atoms with van der Waals surface area (Å²) in [7, 11) is 0. The minimum atomic E-state index is -4.58. The first kappa shape index (κ1) is 17.7. The second kappa shape index (κ2) is 7.38. The summed E-state index contributed by atoms with van der Waals surface area (Å²) in [6, 6.07) is 14.0. The second-order valence-corrected chi connectivity index (χ2v) is 5.52. The number of aromatic nitrogens is 3. The first-order valence-electron chi connectivity index (χ1n) is 7.86. The van der Waals surface area contributed by atoms with E-state index in [1.54, 1.807) is 0 Å². The second-order valence-electron chi connectivity index (χ2n) is 5.52. The van der Waals surface area contributed by atoms with Crippen LogP contribution >= 0.6 is 0 Å². The highest BCUT2D eigenvalue weighted by atomic mass is 19.4. The van der Waals surface area contributed by atoms with E-state index >= 15 is 0 Å². The number of carbonyl (C=O) groups is 1. The number of nitrogens with zero attached hydrogens (tertiary/aromatic N) is 2. The van der Waals surface area contributed by atoms with Gasteiger partial charge in [0.2, 0.25) is 0 Å². The van der Waals surface area contributed by atoms with Gasteiger partial charge in [-0.3, -0.25) is 9.89 Å². The molecule has 8 heteroatoms. The third-order valence-corrected chi connectivity index (χ3v) is 3.69. The maximum absolute atomic E-state index is 13.0. The molecule has 0 unspecified atom stereocenters. The van der Waals surface area contributed by atoms with Crippen LogP contribution in [0.4, 0.5) is 13.2 Å². The van der Waals surface area contributed by atoms with Crippen molar-refractivity contribution in [2.24, 2.45) is 0 Å². The highest BCUT2D eigenvalue weighted by Crippen LogP contribution is 2.31. The summed E-state index contributed by atoms with van der Waals surface area (Å²) in [6.07, 6.45) is -4.26. The fourth-order valence-corrected chi connectivity index (χ4v) is 2.44. The van der Waals surface area contributed by atoms with Gasteiger partial charge in [-0.25, -0.2) is 4.98 Å². The van der Waals surface area contributed by atoms with Crippen molar-refractivity contribution in [1.82, 2.24) is 20.5 Å². The van der Waals surface area contributed by atoms with Gasteiger partial charge in [-0.05, 0) is 12.1 Å². The van der Waals surface area contributed by atoms with Crippen LogP contribution in [-0.2, 0) is 12.6 Å². The number of carbonyl (C=O) groups excluding carboxylic acids is 1. The maximum atomic E-state index is 13.0. The van der Waals surface area contributed by atoms with Crippen molar-refractivity contribution < 1.29 is 18.0 Å². The van der Waals surface area contributed by atoms with E-state index in [1.165, 1.54) is 12.1 Å². The molecule has 0 aliphatic heterocycles. The number of rotatable bonds is 5. The molecule has 1 amide bonds. The lowest BCUT2D eigenvalue weighted by atomic mass is 10.1. The van der Waals surface area contributed by atoms with Crippen molar-refractivity contribution in [3.63, 3.8) is 0 Å². The summed E-state index contributed by atoms with van der Waals surface area (Å²) < 4.78 is 38.9. The summed E-state index contributed by atoms with van der Waals surface area (Å²) in [5.41, 5.74) is -0.510. The van der Waals surface area contributed by atoms with E-state index in [4.69, 9.17) is 0 Å². The smallest absolute Gasteiger partial charge is 0.352 e. The Kier molecular flexibility index (Phi) is 5.01. The van der Waals surface area contributed by atoms with Gasteiger partial charge in [-0.15, -0.1) is 0 Å². The monoisotopic (exact) mass is 360 g/mol. The van der Waals surface area contributed by atoms with Gasteiger partial charge in [-0.2, -0.15) is 18.3 Å². The third-order valence-electron chi connectivity index (χ3n) is 3.69. The highest BCUT2D eigenvalue weighted by molar-refractivity contribution is 5.95. The Morgan fingerprint density at radius 3 is 2.46 bits per heavy atom. The minimum absolute atomic E-state index is 0.133. The Bertz CT molecular complexity index is 891. The number of hydrogen-bond donors (Lipinski definition) is 2. The Balaban J connectivity index is 1.61. The normalized spacial score (nSPS) is 11.3. The third kappa shape index (κ3) is 4.08. The van der Waals surface area contributed by atoms with Crippen LogP contribution in [0.15, 0.2) is 54.6 Å². The van der Waals surface area contributed by atoms with Crippen molar-refractivity contribution in [1.29, 1.82) is 0 Å². The zero-order valence-electron chi connectivity index (χ0n) is 13.5. The number of halogens is 3. The van der Waals surface area contributed by atoms with E-state index in [0.29, 0.717) is 18.1 Å².